The molecule has 7 nitrogen and oxygen atoms in total. The van der Waals surface area contributed by atoms with Gasteiger partial charge in [0, 0.05) is 62.4 Å². The van der Waals surface area contributed by atoms with Crippen LogP contribution in [0.5, 0.6) is 0 Å². The van der Waals surface area contributed by atoms with Gasteiger partial charge in [-0.15, -0.1) is 0 Å². The highest BCUT2D eigenvalue weighted by molar-refractivity contribution is 5.78. The Morgan fingerprint density at radius 3 is 2.38 bits per heavy atom. The van der Waals surface area contributed by atoms with E-state index in [1.54, 1.807) is 0 Å². The van der Waals surface area contributed by atoms with Crippen LogP contribution in [0.25, 0.3) is 22.6 Å². The largest absolute Gasteiger partial charge is 0.356 e. The summed E-state index contributed by atoms with van der Waals surface area (Å²) in [4.78, 5) is 18.8. The molecule has 1 saturated heterocycles. The first-order valence-corrected chi connectivity index (χ1v) is 10.9. The van der Waals surface area contributed by atoms with Crippen molar-refractivity contribution < 1.29 is 4.52 Å². The van der Waals surface area contributed by atoms with E-state index in [0.29, 0.717) is 5.76 Å². The average Bonchev–Trinajstić information content (AvgIpc) is 3.26. The van der Waals surface area contributed by atoms with Crippen LogP contribution in [0.1, 0.15) is 17.0 Å². The minimum Gasteiger partial charge on any atom is -0.356 e. The smallest absolute Gasteiger partial charge is 0.225 e. The first kappa shape index (κ1) is 20.3. The summed E-state index contributed by atoms with van der Waals surface area (Å²) in [6.45, 7) is 8.58. The summed E-state index contributed by atoms with van der Waals surface area (Å²) in [5.41, 5.74) is 5.71. The molecule has 0 spiro atoms. The molecule has 3 aromatic heterocycles. The molecule has 1 aromatic carbocycles. The fourth-order valence-corrected chi connectivity index (χ4v) is 3.97. The third-order valence-corrected chi connectivity index (χ3v) is 5.76. The summed E-state index contributed by atoms with van der Waals surface area (Å²) in [6, 6.07) is 16.6. The van der Waals surface area contributed by atoms with Crippen LogP contribution in [0, 0.1) is 13.8 Å². The fraction of sp³-hybridized carbons (Fsp3) is 0.280. The maximum atomic E-state index is 5.52. The van der Waals surface area contributed by atoms with Crippen LogP contribution in [0.2, 0.25) is 0 Å². The zero-order valence-electron chi connectivity index (χ0n) is 18.4. The SMILES string of the molecule is Cc1ccc(-c2nc(N3CCN(Cc4ccccc4)CC3)ncc2-c2cc(C)no2)cn1. The topological polar surface area (TPSA) is 71.2 Å². The van der Waals surface area contributed by atoms with Crippen LogP contribution in [0.4, 0.5) is 5.95 Å². The second-order valence-electron chi connectivity index (χ2n) is 8.20. The van der Waals surface area contributed by atoms with E-state index < -0.39 is 0 Å². The molecule has 1 fully saturated rings. The molecule has 1 aliphatic heterocycles. The molecule has 1 aliphatic rings. The zero-order chi connectivity index (χ0) is 21.9. The fourth-order valence-electron chi connectivity index (χ4n) is 3.97. The molecule has 32 heavy (non-hydrogen) atoms. The molecule has 4 aromatic rings. The Hall–Kier alpha value is -3.58. The second kappa shape index (κ2) is 8.88. The highest BCUT2D eigenvalue weighted by Gasteiger charge is 2.22. The maximum absolute atomic E-state index is 5.52. The summed E-state index contributed by atoms with van der Waals surface area (Å²) < 4.78 is 5.52. The van der Waals surface area contributed by atoms with E-state index in [-0.39, 0.29) is 0 Å². The summed E-state index contributed by atoms with van der Waals surface area (Å²) >= 11 is 0. The van der Waals surface area contributed by atoms with Gasteiger partial charge in [-0.25, -0.2) is 9.97 Å². The number of hydrogen-bond acceptors (Lipinski definition) is 7. The first-order chi connectivity index (χ1) is 15.7. The molecule has 0 unspecified atom stereocenters. The molecule has 0 N–H and O–H groups in total. The minimum atomic E-state index is 0.664. The van der Waals surface area contributed by atoms with Crippen molar-refractivity contribution in [3.05, 3.63) is 77.9 Å². The van der Waals surface area contributed by atoms with Gasteiger partial charge in [0.1, 0.15) is 0 Å². The summed E-state index contributed by atoms with van der Waals surface area (Å²) in [7, 11) is 0. The number of rotatable bonds is 5. The van der Waals surface area contributed by atoms with Crippen LogP contribution in [-0.4, -0.2) is 51.2 Å². The van der Waals surface area contributed by atoms with Gasteiger partial charge in [0.05, 0.1) is 17.0 Å². The third kappa shape index (κ3) is 4.38. The van der Waals surface area contributed by atoms with Gasteiger partial charge in [0.2, 0.25) is 5.95 Å². The van der Waals surface area contributed by atoms with Crippen LogP contribution in [-0.2, 0) is 6.54 Å². The lowest BCUT2D eigenvalue weighted by atomic mass is 10.1. The van der Waals surface area contributed by atoms with Gasteiger partial charge in [-0.3, -0.25) is 9.88 Å². The van der Waals surface area contributed by atoms with E-state index in [1.165, 1.54) is 5.56 Å². The maximum Gasteiger partial charge on any atom is 0.225 e. The van der Waals surface area contributed by atoms with Crippen molar-refractivity contribution in [3.63, 3.8) is 0 Å². The number of piperazine rings is 1. The normalized spacial score (nSPS) is 14.6. The van der Waals surface area contributed by atoms with Crippen molar-refractivity contribution in [2.24, 2.45) is 0 Å². The monoisotopic (exact) mass is 426 g/mol. The summed E-state index contributed by atoms with van der Waals surface area (Å²) in [6.07, 6.45) is 3.69. The number of aromatic nitrogens is 4. The molecule has 0 radical (unpaired) electrons. The molecule has 0 saturated carbocycles. The second-order valence-corrected chi connectivity index (χ2v) is 8.20. The van der Waals surface area contributed by atoms with E-state index in [1.807, 2.05) is 44.4 Å². The molecule has 0 aliphatic carbocycles. The lowest BCUT2D eigenvalue weighted by molar-refractivity contribution is 0.248. The number of pyridine rings is 1. The van der Waals surface area contributed by atoms with Gasteiger partial charge in [0.25, 0.3) is 0 Å². The molecule has 0 bridgehead atoms. The Morgan fingerprint density at radius 1 is 0.875 bits per heavy atom. The Kier molecular flexibility index (Phi) is 5.64. The van der Waals surface area contributed by atoms with Crippen molar-refractivity contribution in [1.82, 2.24) is 25.0 Å². The van der Waals surface area contributed by atoms with Gasteiger partial charge in [-0.05, 0) is 31.5 Å². The molecule has 0 atom stereocenters. The van der Waals surface area contributed by atoms with Crippen molar-refractivity contribution in [3.8, 4) is 22.6 Å². The number of anilines is 1. The first-order valence-electron chi connectivity index (χ1n) is 10.9. The lowest BCUT2D eigenvalue weighted by Crippen LogP contribution is -2.46. The van der Waals surface area contributed by atoms with E-state index in [4.69, 9.17) is 9.51 Å². The van der Waals surface area contributed by atoms with Crippen molar-refractivity contribution in [1.29, 1.82) is 0 Å². The molecule has 0 amide bonds. The lowest BCUT2D eigenvalue weighted by Gasteiger charge is -2.34. The number of nitrogens with zero attached hydrogens (tertiary/aromatic N) is 6. The van der Waals surface area contributed by atoms with Crippen LogP contribution in [0.15, 0.2) is 65.4 Å². The van der Waals surface area contributed by atoms with E-state index in [9.17, 15) is 0 Å². The molecular weight excluding hydrogens is 400 g/mol. The summed E-state index contributed by atoms with van der Waals surface area (Å²) in [5.74, 6) is 1.40. The highest BCUT2D eigenvalue weighted by Crippen LogP contribution is 2.32. The third-order valence-electron chi connectivity index (χ3n) is 5.76. The Morgan fingerprint density at radius 2 is 1.69 bits per heavy atom. The van der Waals surface area contributed by atoms with Gasteiger partial charge < -0.3 is 9.42 Å². The van der Waals surface area contributed by atoms with E-state index in [0.717, 1.165) is 66.9 Å². The van der Waals surface area contributed by atoms with E-state index >= 15 is 0 Å². The van der Waals surface area contributed by atoms with Crippen LogP contribution >= 0.6 is 0 Å². The number of hydrogen-bond donors (Lipinski definition) is 0. The van der Waals surface area contributed by atoms with Crippen molar-refractivity contribution in [2.45, 2.75) is 20.4 Å². The minimum absolute atomic E-state index is 0.664. The average molecular weight is 427 g/mol. The van der Waals surface area contributed by atoms with Gasteiger partial charge in [0.15, 0.2) is 5.76 Å². The zero-order valence-corrected chi connectivity index (χ0v) is 18.4. The number of aryl methyl sites for hydroxylation is 2. The quantitative estimate of drug-likeness (QED) is 0.475. The standard InChI is InChI=1S/C25H26N6O/c1-18-8-9-21(15-26-18)24-22(23-14-19(2)29-32-23)16-27-25(28-24)31-12-10-30(11-13-31)17-20-6-4-3-5-7-20/h3-9,14-16H,10-13,17H2,1-2H3. The van der Waals surface area contributed by atoms with Crippen molar-refractivity contribution in [2.75, 3.05) is 31.1 Å². The summed E-state index contributed by atoms with van der Waals surface area (Å²) in [5, 5.41) is 4.03. The Bertz CT molecular complexity index is 1180. The Labute approximate surface area is 187 Å². The molecular formula is C25H26N6O. The predicted octanol–water partition coefficient (Wildman–Crippen LogP) is 4.13. The van der Waals surface area contributed by atoms with Gasteiger partial charge in [-0.2, -0.15) is 0 Å². The van der Waals surface area contributed by atoms with Crippen LogP contribution in [0.3, 0.4) is 0 Å². The molecule has 162 valence electrons. The van der Waals surface area contributed by atoms with Gasteiger partial charge >= 0.3 is 0 Å². The molecule has 4 heterocycles. The molecule has 5 rings (SSSR count). The van der Waals surface area contributed by atoms with Gasteiger partial charge in [-0.1, -0.05) is 35.5 Å². The molecule has 7 heteroatoms. The van der Waals surface area contributed by atoms with Crippen LogP contribution < -0.4 is 4.90 Å². The van der Waals surface area contributed by atoms with Crippen molar-refractivity contribution >= 4 is 5.95 Å². The van der Waals surface area contributed by atoms with E-state index in [2.05, 4.69) is 55.3 Å². The highest BCUT2D eigenvalue weighted by atomic mass is 16.5. The number of benzene rings is 1. The predicted molar refractivity (Wildman–Crippen MR) is 124 cm³/mol. The Balaban J connectivity index is 1.39.